The monoisotopic (exact) mass is 630 g/mol. The van der Waals surface area contributed by atoms with Crippen LogP contribution in [-0.4, -0.2) is 11.6 Å². The van der Waals surface area contributed by atoms with Gasteiger partial charge < -0.3 is 9.47 Å². The van der Waals surface area contributed by atoms with Gasteiger partial charge in [-0.05, 0) is 94.6 Å². The van der Waals surface area contributed by atoms with Crippen molar-refractivity contribution < 1.29 is 0 Å². The number of anilines is 2. The quantitative estimate of drug-likeness (QED) is 0.152. The van der Waals surface area contributed by atoms with Crippen LogP contribution in [0.4, 0.5) is 11.4 Å². The van der Waals surface area contributed by atoms with Crippen LogP contribution >= 0.6 is 0 Å². The molecule has 7 aromatic rings. The lowest BCUT2D eigenvalue weighted by Crippen LogP contribution is -2.08. The lowest BCUT2D eigenvalue weighted by Gasteiger charge is -2.19. The average molecular weight is 631 g/mol. The molecule has 0 unspecified atom stereocenters. The van der Waals surface area contributed by atoms with Crippen molar-refractivity contribution in [3.05, 3.63) is 198 Å². The summed E-state index contributed by atoms with van der Waals surface area (Å²) < 4.78 is 2.51. The summed E-state index contributed by atoms with van der Waals surface area (Å²) in [5.41, 5.74) is 13.6. The molecular formula is C47H38N2. The Bertz CT molecular complexity index is 2380. The van der Waals surface area contributed by atoms with Gasteiger partial charge in [-0.2, -0.15) is 0 Å². The molecule has 0 aliphatic heterocycles. The second-order valence-electron chi connectivity index (χ2n) is 12.6. The van der Waals surface area contributed by atoms with Gasteiger partial charge in [0.1, 0.15) is 0 Å². The van der Waals surface area contributed by atoms with Crippen LogP contribution in [0.3, 0.4) is 0 Å². The molecule has 0 fully saturated rings. The van der Waals surface area contributed by atoms with E-state index in [0.29, 0.717) is 0 Å². The fraction of sp³-hybridized carbons (Fsp3) is 0.0638. The highest BCUT2D eigenvalue weighted by molar-refractivity contribution is 6.00. The van der Waals surface area contributed by atoms with Crippen LogP contribution in [-0.2, 0) is 6.42 Å². The number of fused-ring (bicyclic) bond motifs is 4. The van der Waals surface area contributed by atoms with Gasteiger partial charge >= 0.3 is 0 Å². The van der Waals surface area contributed by atoms with Crippen LogP contribution in [0.25, 0.3) is 50.6 Å². The highest BCUT2D eigenvalue weighted by atomic mass is 15.1. The highest BCUT2D eigenvalue weighted by Crippen LogP contribution is 2.41. The number of nitrogens with zero attached hydrogens (tertiary/aromatic N) is 2. The van der Waals surface area contributed by atoms with Gasteiger partial charge in [0.2, 0.25) is 0 Å². The first kappa shape index (κ1) is 30.2. The first-order valence-corrected chi connectivity index (χ1v) is 17.0. The van der Waals surface area contributed by atoms with Crippen LogP contribution in [0.2, 0.25) is 0 Å². The first-order valence-electron chi connectivity index (χ1n) is 17.0. The van der Waals surface area contributed by atoms with Crippen LogP contribution in [0.1, 0.15) is 23.2 Å². The molecule has 0 saturated carbocycles. The third kappa shape index (κ3) is 5.83. The maximum atomic E-state index is 4.05. The van der Waals surface area contributed by atoms with E-state index in [4.69, 9.17) is 0 Å². The van der Waals surface area contributed by atoms with Crippen LogP contribution < -0.4 is 4.90 Å². The molecule has 0 saturated heterocycles. The minimum atomic E-state index is 0.947. The van der Waals surface area contributed by atoms with E-state index in [2.05, 4.69) is 193 Å². The number of benzene rings is 6. The molecule has 1 aromatic heterocycles. The van der Waals surface area contributed by atoms with Gasteiger partial charge in [0.25, 0.3) is 0 Å². The van der Waals surface area contributed by atoms with Gasteiger partial charge in [-0.25, -0.2) is 0 Å². The van der Waals surface area contributed by atoms with Gasteiger partial charge in [0.05, 0.1) is 11.2 Å². The minimum Gasteiger partial charge on any atom is -0.345 e. The summed E-state index contributed by atoms with van der Waals surface area (Å²) in [6.45, 7) is 4.05. The summed E-state index contributed by atoms with van der Waals surface area (Å²) in [6, 6.07) is 52.3. The largest absolute Gasteiger partial charge is 0.345 e. The van der Waals surface area contributed by atoms with Gasteiger partial charge in [-0.15, -0.1) is 0 Å². The van der Waals surface area contributed by atoms with Crippen LogP contribution in [0, 0.1) is 0 Å². The lowest BCUT2D eigenvalue weighted by molar-refractivity contribution is 0.867. The third-order valence-corrected chi connectivity index (χ3v) is 9.72. The van der Waals surface area contributed by atoms with Crippen LogP contribution in [0.15, 0.2) is 182 Å². The number of hydrogen-bond acceptors (Lipinski definition) is 1. The van der Waals surface area contributed by atoms with E-state index in [1.807, 2.05) is 6.08 Å². The highest BCUT2D eigenvalue weighted by Gasteiger charge is 2.23. The molecule has 49 heavy (non-hydrogen) atoms. The van der Waals surface area contributed by atoms with E-state index >= 15 is 0 Å². The van der Waals surface area contributed by atoms with Crippen molar-refractivity contribution >= 4 is 45.2 Å². The lowest BCUT2D eigenvalue weighted by atomic mass is 9.90. The second-order valence-corrected chi connectivity index (χ2v) is 12.6. The normalized spacial score (nSPS) is 13.1. The van der Waals surface area contributed by atoms with Crippen molar-refractivity contribution in [2.24, 2.45) is 0 Å². The number of hydrogen-bond donors (Lipinski definition) is 0. The molecular weight excluding hydrogens is 593 g/mol. The Morgan fingerprint density at radius 2 is 1.37 bits per heavy atom. The van der Waals surface area contributed by atoms with Crippen molar-refractivity contribution in [3.8, 4) is 16.8 Å². The maximum Gasteiger partial charge on any atom is 0.0538 e. The molecule has 6 aromatic carbocycles. The number of rotatable bonds is 8. The van der Waals surface area contributed by atoms with Gasteiger partial charge in [-0.1, -0.05) is 134 Å². The Hall–Kier alpha value is -6.12. The standard InChI is InChI=1S/C47H38N2/c1-3-13-35(23-22-34-14-6-4-7-15-34)38-26-30-46-43(32-38)44-33-39(36-24-28-41(29-25-36)48(2)40-18-8-5-9-19-40)27-31-47(44)49(46)45-21-12-17-37-16-10-11-20-42(37)45/h3-25,27-29,31-33H,1,26,30H2,2H3/b23-22-,35-13+. The van der Waals surface area contributed by atoms with Crippen molar-refractivity contribution in [2.75, 3.05) is 11.9 Å². The molecule has 0 radical (unpaired) electrons. The predicted molar refractivity (Wildman–Crippen MR) is 211 cm³/mol. The van der Waals surface area contributed by atoms with E-state index in [1.165, 1.54) is 72.1 Å². The zero-order chi connectivity index (χ0) is 33.2. The average Bonchev–Trinajstić information content (AvgIpc) is 3.49. The van der Waals surface area contributed by atoms with Gasteiger partial charge in [0.15, 0.2) is 0 Å². The summed E-state index contributed by atoms with van der Waals surface area (Å²) in [7, 11) is 2.12. The third-order valence-electron chi connectivity index (χ3n) is 9.72. The molecule has 2 nitrogen and oxygen atoms in total. The summed E-state index contributed by atoms with van der Waals surface area (Å²) >= 11 is 0. The Balaban J connectivity index is 1.26. The molecule has 0 atom stereocenters. The number of allylic oxidation sites excluding steroid dienone is 5. The van der Waals surface area contributed by atoms with Crippen LogP contribution in [0.5, 0.6) is 0 Å². The maximum absolute atomic E-state index is 4.05. The second kappa shape index (κ2) is 13.2. The molecule has 8 rings (SSSR count). The summed E-state index contributed by atoms with van der Waals surface area (Å²) in [4.78, 5) is 2.22. The molecule has 1 aliphatic rings. The molecule has 0 bridgehead atoms. The summed E-state index contributed by atoms with van der Waals surface area (Å²) in [6.07, 6.45) is 12.8. The van der Waals surface area contributed by atoms with Crippen molar-refractivity contribution in [3.63, 3.8) is 0 Å². The number of para-hydroxylation sites is 1. The summed E-state index contributed by atoms with van der Waals surface area (Å²) in [5, 5.41) is 3.79. The first-order chi connectivity index (χ1) is 24.2. The smallest absolute Gasteiger partial charge is 0.0538 e. The molecule has 2 heteroatoms. The Kier molecular flexibility index (Phi) is 8.13. The fourth-order valence-electron chi connectivity index (χ4n) is 7.19. The fourth-order valence-corrected chi connectivity index (χ4v) is 7.19. The zero-order valence-corrected chi connectivity index (χ0v) is 27.8. The Morgan fingerprint density at radius 3 is 2.16 bits per heavy atom. The number of aromatic nitrogens is 1. The van der Waals surface area contributed by atoms with E-state index in [1.54, 1.807) is 0 Å². The molecule has 0 spiro atoms. The Labute approximate surface area is 288 Å². The molecule has 0 N–H and O–H groups in total. The molecule has 0 amide bonds. The molecule has 1 heterocycles. The van der Waals surface area contributed by atoms with E-state index in [0.717, 1.165) is 18.5 Å². The molecule has 1 aliphatic carbocycles. The van der Waals surface area contributed by atoms with Crippen molar-refractivity contribution in [1.82, 2.24) is 4.57 Å². The zero-order valence-electron chi connectivity index (χ0n) is 27.8. The summed E-state index contributed by atoms with van der Waals surface area (Å²) in [5.74, 6) is 0. The minimum absolute atomic E-state index is 0.947. The van der Waals surface area contributed by atoms with E-state index in [9.17, 15) is 0 Å². The van der Waals surface area contributed by atoms with Gasteiger partial charge in [-0.3, -0.25) is 0 Å². The SMILES string of the molecule is C=C/C=C(\C=C/c1ccccc1)C1=Cc2c(n(-c3cccc4ccccc34)c3ccc(-c4ccc(N(C)c5ccccc5)cc4)cc23)CC1. The predicted octanol–water partition coefficient (Wildman–Crippen LogP) is 12.4. The van der Waals surface area contributed by atoms with E-state index in [-0.39, 0.29) is 0 Å². The molecule has 236 valence electrons. The van der Waals surface area contributed by atoms with Crippen molar-refractivity contribution in [2.45, 2.75) is 12.8 Å². The topological polar surface area (TPSA) is 8.17 Å². The van der Waals surface area contributed by atoms with E-state index < -0.39 is 0 Å². The van der Waals surface area contributed by atoms with Crippen molar-refractivity contribution in [1.29, 1.82) is 0 Å². The Morgan fingerprint density at radius 1 is 0.673 bits per heavy atom. The van der Waals surface area contributed by atoms with Gasteiger partial charge in [0, 0.05) is 40.5 Å².